The number of hydrogen-bond acceptors (Lipinski definition) is 5. The van der Waals surface area contributed by atoms with E-state index in [1.165, 1.54) is 12.1 Å². The maximum Gasteiger partial charge on any atom is 0.416 e. The zero-order valence-electron chi connectivity index (χ0n) is 21.3. The lowest BCUT2D eigenvalue weighted by Crippen LogP contribution is -2.62. The Morgan fingerprint density at radius 2 is 1.76 bits per heavy atom. The van der Waals surface area contributed by atoms with Gasteiger partial charge >= 0.3 is 12.2 Å². The highest BCUT2D eigenvalue weighted by Gasteiger charge is 2.48. The van der Waals surface area contributed by atoms with E-state index in [0.717, 1.165) is 44.0 Å². The summed E-state index contributed by atoms with van der Waals surface area (Å²) in [7, 11) is 0. The van der Waals surface area contributed by atoms with E-state index in [-0.39, 0.29) is 18.1 Å². The van der Waals surface area contributed by atoms with Crippen LogP contribution in [-0.2, 0) is 11.8 Å². The largest absolute Gasteiger partial charge is 0.416 e. The number of hydrogen-bond donors (Lipinski definition) is 2. The molecule has 4 aliphatic rings. The van der Waals surface area contributed by atoms with Gasteiger partial charge in [0.25, 0.3) is 0 Å². The second-order valence-electron chi connectivity index (χ2n) is 11.2. The van der Waals surface area contributed by atoms with Crippen molar-refractivity contribution in [1.82, 2.24) is 20.1 Å². The van der Waals surface area contributed by atoms with Gasteiger partial charge < -0.3 is 20.2 Å². The highest BCUT2D eigenvalue weighted by atomic mass is 19.4. The Balaban J connectivity index is 1.00. The van der Waals surface area contributed by atoms with E-state index in [0.29, 0.717) is 50.2 Å². The van der Waals surface area contributed by atoms with Crippen LogP contribution >= 0.6 is 0 Å². The third kappa shape index (κ3) is 4.73. The first kappa shape index (κ1) is 25.4. The Kier molecular flexibility index (Phi) is 6.50. The molecule has 38 heavy (non-hydrogen) atoms. The van der Waals surface area contributed by atoms with Gasteiger partial charge in [0.05, 0.1) is 23.3 Å². The summed E-state index contributed by atoms with van der Waals surface area (Å²) >= 11 is 0. The van der Waals surface area contributed by atoms with Gasteiger partial charge in [0.15, 0.2) is 0 Å². The standard InChI is InChI=1S/C28H34F3N5O2/c29-28(30,31)19-4-3-5-22(16-19)34-17-20(18-34)33-26(37)36-15-10-23-24(36)9-14-35(23)21-7-11-27(38,12-8-21)25-6-1-2-13-32-25/h1-6,13,16,20-21,23-24,38H,7-12,14-15,17-18H2,(H,33,37). The number of aromatic nitrogens is 1. The number of nitrogens with zero attached hydrogens (tertiary/aromatic N) is 4. The molecule has 3 aliphatic heterocycles. The summed E-state index contributed by atoms with van der Waals surface area (Å²) in [6, 6.07) is 11.8. The molecule has 1 aromatic carbocycles. The number of likely N-dealkylation sites (tertiary alicyclic amines) is 2. The van der Waals surface area contributed by atoms with Gasteiger partial charge in [0, 0.05) is 50.1 Å². The number of halogens is 3. The molecule has 4 fully saturated rings. The van der Waals surface area contributed by atoms with Gasteiger partial charge in [-0.05, 0) is 68.9 Å². The zero-order chi connectivity index (χ0) is 26.5. The summed E-state index contributed by atoms with van der Waals surface area (Å²) in [6.07, 6.45) is 2.46. The Hall–Kier alpha value is -2.85. The molecule has 4 heterocycles. The summed E-state index contributed by atoms with van der Waals surface area (Å²) < 4.78 is 39.1. The van der Waals surface area contributed by atoms with Gasteiger partial charge in [-0.25, -0.2) is 4.79 Å². The lowest BCUT2D eigenvalue weighted by molar-refractivity contribution is -0.137. The van der Waals surface area contributed by atoms with Gasteiger partial charge in [-0.15, -0.1) is 0 Å². The number of carbonyl (C=O) groups excluding carboxylic acids is 1. The number of pyridine rings is 1. The molecule has 0 spiro atoms. The fraction of sp³-hybridized carbons (Fsp3) is 0.571. The summed E-state index contributed by atoms with van der Waals surface area (Å²) in [4.78, 5) is 23.9. The third-order valence-corrected chi connectivity index (χ3v) is 9.02. The zero-order valence-corrected chi connectivity index (χ0v) is 21.3. The van der Waals surface area contributed by atoms with Crippen molar-refractivity contribution >= 4 is 11.7 Å². The van der Waals surface area contributed by atoms with Gasteiger partial charge in [-0.2, -0.15) is 13.2 Å². The Morgan fingerprint density at radius 3 is 2.47 bits per heavy atom. The number of rotatable bonds is 4. The number of aliphatic hydroxyl groups is 1. The van der Waals surface area contributed by atoms with Crippen molar-refractivity contribution in [2.24, 2.45) is 0 Å². The van der Waals surface area contributed by atoms with Crippen LogP contribution in [0, 0.1) is 0 Å². The predicted molar refractivity (Wildman–Crippen MR) is 137 cm³/mol. The van der Waals surface area contributed by atoms with E-state index in [2.05, 4.69) is 15.2 Å². The Morgan fingerprint density at radius 1 is 1.00 bits per heavy atom. The van der Waals surface area contributed by atoms with Gasteiger partial charge in [0.1, 0.15) is 5.60 Å². The molecule has 2 atom stereocenters. The van der Waals surface area contributed by atoms with Crippen LogP contribution in [0.15, 0.2) is 48.7 Å². The molecule has 3 saturated heterocycles. The molecule has 2 N–H and O–H groups in total. The molecule has 0 bridgehead atoms. The molecule has 2 amide bonds. The van der Waals surface area contributed by atoms with E-state index < -0.39 is 17.3 Å². The summed E-state index contributed by atoms with van der Waals surface area (Å²) in [5, 5.41) is 14.3. The highest BCUT2D eigenvalue weighted by molar-refractivity contribution is 5.76. The number of carbonyl (C=O) groups is 1. The second kappa shape index (κ2) is 9.72. The van der Waals surface area contributed by atoms with Crippen molar-refractivity contribution in [3.63, 3.8) is 0 Å². The van der Waals surface area contributed by atoms with Crippen molar-refractivity contribution in [2.75, 3.05) is 31.1 Å². The van der Waals surface area contributed by atoms with Crippen LogP contribution in [0.2, 0.25) is 0 Å². The maximum absolute atomic E-state index is 13.1. The molecule has 7 nitrogen and oxygen atoms in total. The minimum Gasteiger partial charge on any atom is -0.384 e. The van der Waals surface area contributed by atoms with Crippen molar-refractivity contribution in [3.8, 4) is 0 Å². The lowest BCUT2D eigenvalue weighted by atomic mass is 9.79. The van der Waals surface area contributed by atoms with E-state index in [1.54, 1.807) is 12.3 Å². The van der Waals surface area contributed by atoms with E-state index in [1.807, 2.05) is 28.0 Å². The first-order chi connectivity index (χ1) is 18.2. The van der Waals surface area contributed by atoms with Crippen LogP contribution in [0.25, 0.3) is 0 Å². The number of benzene rings is 1. The average Bonchev–Trinajstić information content (AvgIpc) is 3.49. The first-order valence-electron chi connectivity index (χ1n) is 13.6. The van der Waals surface area contributed by atoms with Gasteiger partial charge in [-0.1, -0.05) is 12.1 Å². The number of anilines is 1. The van der Waals surface area contributed by atoms with Crippen LogP contribution in [0.5, 0.6) is 0 Å². The average molecular weight is 530 g/mol. The second-order valence-corrected chi connectivity index (χ2v) is 11.2. The van der Waals surface area contributed by atoms with Crippen LogP contribution in [0.4, 0.5) is 23.7 Å². The molecule has 204 valence electrons. The molecule has 0 radical (unpaired) electrons. The van der Waals surface area contributed by atoms with E-state index >= 15 is 0 Å². The topological polar surface area (TPSA) is 71.9 Å². The molecular weight excluding hydrogens is 495 g/mol. The van der Waals surface area contributed by atoms with Crippen LogP contribution in [0.1, 0.15) is 49.8 Å². The van der Waals surface area contributed by atoms with Crippen molar-refractivity contribution in [2.45, 2.75) is 74.5 Å². The van der Waals surface area contributed by atoms with Crippen LogP contribution in [-0.4, -0.2) is 76.3 Å². The van der Waals surface area contributed by atoms with Crippen molar-refractivity contribution in [1.29, 1.82) is 0 Å². The summed E-state index contributed by atoms with van der Waals surface area (Å²) in [6.45, 7) is 2.68. The highest BCUT2D eigenvalue weighted by Crippen LogP contribution is 2.42. The quantitative estimate of drug-likeness (QED) is 0.627. The molecular formula is C28H34F3N5O2. The molecule has 6 rings (SSSR count). The Bertz CT molecular complexity index is 1150. The molecule has 10 heteroatoms. The number of urea groups is 1. The van der Waals surface area contributed by atoms with Gasteiger partial charge in [0.2, 0.25) is 0 Å². The van der Waals surface area contributed by atoms with E-state index in [9.17, 15) is 23.1 Å². The molecule has 2 aromatic rings. The Labute approximate surface area is 220 Å². The smallest absolute Gasteiger partial charge is 0.384 e. The van der Waals surface area contributed by atoms with Crippen molar-refractivity contribution < 1.29 is 23.1 Å². The van der Waals surface area contributed by atoms with Crippen LogP contribution < -0.4 is 10.2 Å². The normalized spacial score (nSPS) is 30.3. The molecule has 1 saturated carbocycles. The monoisotopic (exact) mass is 529 g/mol. The maximum atomic E-state index is 13.1. The number of nitrogens with one attached hydrogen (secondary N) is 1. The SMILES string of the molecule is O=C(NC1CN(c2cccc(C(F)(F)F)c2)C1)N1CCC2C1CCN2C1CCC(O)(c2ccccn2)CC1. The first-order valence-corrected chi connectivity index (χ1v) is 13.6. The van der Waals surface area contributed by atoms with Crippen molar-refractivity contribution in [3.05, 3.63) is 59.9 Å². The number of fused-ring (bicyclic) bond motifs is 1. The lowest BCUT2D eigenvalue weighted by Gasteiger charge is -2.42. The molecule has 1 aliphatic carbocycles. The fourth-order valence-electron chi connectivity index (χ4n) is 6.95. The molecule has 1 aromatic heterocycles. The van der Waals surface area contributed by atoms with E-state index in [4.69, 9.17) is 0 Å². The predicted octanol–water partition coefficient (Wildman–Crippen LogP) is 3.98. The van der Waals surface area contributed by atoms with Crippen LogP contribution in [0.3, 0.4) is 0 Å². The summed E-state index contributed by atoms with van der Waals surface area (Å²) in [5.74, 6) is 0. The minimum absolute atomic E-state index is 0.0683. The molecule has 2 unspecified atom stereocenters. The van der Waals surface area contributed by atoms with Gasteiger partial charge in [-0.3, -0.25) is 9.88 Å². The third-order valence-electron chi connectivity index (χ3n) is 9.02. The minimum atomic E-state index is -4.37. The number of alkyl halides is 3. The fourth-order valence-corrected chi connectivity index (χ4v) is 6.95. The summed E-state index contributed by atoms with van der Waals surface area (Å²) in [5.41, 5.74) is -0.233. The number of amides is 2.